The molecule has 0 radical (unpaired) electrons. The Kier molecular flexibility index (Phi) is 5.69. The van der Waals surface area contributed by atoms with E-state index in [-0.39, 0.29) is 11.1 Å². The Morgan fingerprint density at radius 3 is 1.82 bits per heavy atom. The van der Waals surface area contributed by atoms with E-state index in [1.807, 2.05) is 12.3 Å². The van der Waals surface area contributed by atoms with Gasteiger partial charge in [-0.15, -0.1) is 0 Å². The van der Waals surface area contributed by atoms with Gasteiger partial charge in [0.25, 0.3) is 0 Å². The molecule has 0 aromatic heterocycles. The lowest BCUT2D eigenvalue weighted by molar-refractivity contribution is 0.240. The molecule has 2 nitrogen and oxygen atoms in total. The summed E-state index contributed by atoms with van der Waals surface area (Å²) in [4.78, 5) is 0. The van der Waals surface area contributed by atoms with Crippen LogP contribution in [-0.2, 0) is 8.85 Å². The molecule has 0 aliphatic heterocycles. The normalized spacial score (nSPS) is 16.3. The quantitative estimate of drug-likeness (QED) is 0.531. The molecule has 0 spiro atoms. The van der Waals surface area contributed by atoms with Crippen LogP contribution in [0.25, 0.3) is 0 Å². The van der Waals surface area contributed by atoms with E-state index in [0.717, 1.165) is 0 Å². The highest BCUT2D eigenvalue weighted by atomic mass is 28.4. The Morgan fingerprint density at radius 1 is 1.00 bits per heavy atom. The summed E-state index contributed by atoms with van der Waals surface area (Å²) in [6, 6.07) is 0. The van der Waals surface area contributed by atoms with Crippen molar-refractivity contribution in [3.8, 4) is 0 Å². The summed E-state index contributed by atoms with van der Waals surface area (Å²) >= 11 is 0. The summed E-state index contributed by atoms with van der Waals surface area (Å²) in [5.74, 6) is 0. The Bertz CT molecular complexity index is 260. The van der Waals surface area contributed by atoms with E-state index in [9.17, 15) is 0 Å². The van der Waals surface area contributed by atoms with Crippen molar-refractivity contribution in [3.05, 3.63) is 12.3 Å². The fourth-order valence-electron chi connectivity index (χ4n) is 1.03. The SMILES string of the molecule is C[C@H](/C=C/O[Si](C)(C)C)O[Si](C)(C)C(C)(C)C. The average Bonchev–Trinajstić information content (AvgIpc) is 1.97. The molecule has 0 heterocycles. The van der Waals surface area contributed by atoms with Gasteiger partial charge in [-0.05, 0) is 50.8 Å². The molecule has 0 amide bonds. The van der Waals surface area contributed by atoms with Gasteiger partial charge in [0.2, 0.25) is 8.32 Å². The minimum atomic E-state index is -1.66. The smallest absolute Gasteiger partial charge is 0.241 e. The minimum Gasteiger partial charge on any atom is -0.550 e. The summed E-state index contributed by atoms with van der Waals surface area (Å²) in [5.41, 5.74) is 0. The Morgan fingerprint density at radius 2 is 1.47 bits per heavy atom. The van der Waals surface area contributed by atoms with E-state index >= 15 is 0 Å². The van der Waals surface area contributed by atoms with Crippen molar-refractivity contribution in [3.63, 3.8) is 0 Å². The lowest BCUT2D eigenvalue weighted by Crippen LogP contribution is -2.42. The van der Waals surface area contributed by atoms with Crippen LogP contribution in [-0.4, -0.2) is 22.7 Å². The largest absolute Gasteiger partial charge is 0.550 e. The van der Waals surface area contributed by atoms with Crippen molar-refractivity contribution in [2.75, 3.05) is 0 Å². The van der Waals surface area contributed by atoms with Crippen molar-refractivity contribution in [2.24, 2.45) is 0 Å². The molecule has 0 aromatic carbocycles. The van der Waals surface area contributed by atoms with Crippen molar-refractivity contribution < 1.29 is 8.85 Å². The van der Waals surface area contributed by atoms with E-state index in [2.05, 4.69) is 60.4 Å². The van der Waals surface area contributed by atoms with Crippen LogP contribution < -0.4 is 0 Å². The molecule has 0 rings (SSSR count). The van der Waals surface area contributed by atoms with Crippen LogP contribution in [0.4, 0.5) is 0 Å². The fraction of sp³-hybridized carbons (Fsp3) is 0.846. The van der Waals surface area contributed by atoms with E-state index in [0.29, 0.717) is 0 Å². The molecule has 102 valence electrons. The van der Waals surface area contributed by atoms with Crippen LogP contribution >= 0.6 is 0 Å². The van der Waals surface area contributed by atoms with Gasteiger partial charge in [0.05, 0.1) is 12.4 Å². The first-order chi connectivity index (χ1) is 7.35. The molecule has 0 fully saturated rings. The van der Waals surface area contributed by atoms with E-state index in [1.54, 1.807) is 0 Å². The van der Waals surface area contributed by atoms with Gasteiger partial charge < -0.3 is 8.85 Å². The lowest BCUT2D eigenvalue weighted by Gasteiger charge is -2.37. The first-order valence-electron chi connectivity index (χ1n) is 6.37. The molecule has 0 unspecified atom stereocenters. The topological polar surface area (TPSA) is 18.5 Å². The first-order valence-corrected chi connectivity index (χ1v) is 12.7. The van der Waals surface area contributed by atoms with Crippen LogP contribution in [0.5, 0.6) is 0 Å². The average molecular weight is 275 g/mol. The molecule has 0 aliphatic rings. The number of rotatable bonds is 5. The second-order valence-electron chi connectivity index (χ2n) is 7.14. The third-order valence-electron chi connectivity index (χ3n) is 3.06. The summed E-state index contributed by atoms with van der Waals surface area (Å²) in [6.07, 6.45) is 3.98. The molecule has 0 aliphatic carbocycles. The van der Waals surface area contributed by atoms with Gasteiger partial charge in [-0.25, -0.2) is 0 Å². The van der Waals surface area contributed by atoms with Gasteiger partial charge in [-0.3, -0.25) is 0 Å². The van der Waals surface area contributed by atoms with Crippen LogP contribution in [0.15, 0.2) is 12.3 Å². The highest BCUT2D eigenvalue weighted by Gasteiger charge is 2.38. The molecule has 0 bridgehead atoms. The molecule has 1 atom stereocenters. The lowest BCUT2D eigenvalue weighted by atomic mass is 10.2. The van der Waals surface area contributed by atoms with E-state index in [1.165, 1.54) is 0 Å². The van der Waals surface area contributed by atoms with Crippen LogP contribution in [0.1, 0.15) is 27.7 Å². The van der Waals surface area contributed by atoms with Crippen LogP contribution in [0, 0.1) is 0 Å². The molecule has 0 aromatic rings. The Labute approximate surface area is 110 Å². The zero-order valence-electron chi connectivity index (χ0n) is 13.0. The van der Waals surface area contributed by atoms with Crippen molar-refractivity contribution in [1.29, 1.82) is 0 Å². The third-order valence-corrected chi connectivity index (χ3v) is 8.47. The van der Waals surface area contributed by atoms with Gasteiger partial charge in [0.15, 0.2) is 8.32 Å². The zero-order valence-corrected chi connectivity index (χ0v) is 15.0. The predicted octanol–water partition coefficient (Wildman–Crippen LogP) is 4.76. The molecular formula is C13H30O2Si2. The molecule has 0 N–H and O–H groups in total. The maximum absolute atomic E-state index is 6.20. The van der Waals surface area contributed by atoms with E-state index in [4.69, 9.17) is 8.85 Å². The monoisotopic (exact) mass is 274 g/mol. The van der Waals surface area contributed by atoms with Gasteiger partial charge in [0, 0.05) is 0 Å². The van der Waals surface area contributed by atoms with Crippen molar-refractivity contribution >= 4 is 16.6 Å². The molecule has 0 saturated heterocycles. The Hall–Kier alpha value is -0.0662. The maximum atomic E-state index is 6.20. The maximum Gasteiger partial charge on any atom is 0.241 e. The van der Waals surface area contributed by atoms with Gasteiger partial charge in [-0.1, -0.05) is 20.8 Å². The molecular weight excluding hydrogens is 244 g/mol. The van der Waals surface area contributed by atoms with Crippen LogP contribution in [0.3, 0.4) is 0 Å². The highest BCUT2D eigenvalue weighted by Crippen LogP contribution is 2.37. The predicted molar refractivity (Wildman–Crippen MR) is 81.3 cm³/mol. The molecule has 4 heteroatoms. The zero-order chi connectivity index (χ0) is 13.9. The standard InChI is InChI=1S/C13H30O2Si2/c1-12(10-11-14-16(5,6)7)15-17(8,9)13(2,3)4/h10-12H,1-9H3/b11-10+/t12-/m1/s1. The second kappa shape index (κ2) is 5.72. The highest BCUT2D eigenvalue weighted by molar-refractivity contribution is 6.74. The van der Waals surface area contributed by atoms with Crippen molar-refractivity contribution in [1.82, 2.24) is 0 Å². The Balaban J connectivity index is 4.33. The molecule has 0 saturated carbocycles. The minimum absolute atomic E-state index is 0.132. The summed E-state index contributed by atoms with van der Waals surface area (Å²) < 4.78 is 11.9. The van der Waals surface area contributed by atoms with E-state index < -0.39 is 16.6 Å². The molecule has 17 heavy (non-hydrogen) atoms. The van der Waals surface area contributed by atoms with Crippen LogP contribution in [0.2, 0.25) is 37.8 Å². The second-order valence-corrected chi connectivity index (χ2v) is 16.4. The van der Waals surface area contributed by atoms with Gasteiger partial charge in [-0.2, -0.15) is 0 Å². The number of hydrogen-bond acceptors (Lipinski definition) is 2. The number of hydrogen-bond donors (Lipinski definition) is 0. The summed E-state index contributed by atoms with van der Waals surface area (Å²) in [6.45, 7) is 19.9. The first kappa shape index (κ1) is 16.9. The van der Waals surface area contributed by atoms with Crippen molar-refractivity contribution in [2.45, 2.75) is 71.6 Å². The third kappa shape index (κ3) is 7.06. The fourth-order valence-corrected chi connectivity index (χ4v) is 2.88. The van der Waals surface area contributed by atoms with Gasteiger partial charge in [0.1, 0.15) is 0 Å². The summed E-state index contributed by atoms with van der Waals surface area (Å²) in [5, 5.41) is 0.259. The van der Waals surface area contributed by atoms with Gasteiger partial charge >= 0.3 is 0 Å². The summed E-state index contributed by atoms with van der Waals surface area (Å²) in [7, 11) is -3.11.